The largest absolute Gasteiger partial charge is 0.464 e. The third-order valence-corrected chi connectivity index (χ3v) is 6.59. The van der Waals surface area contributed by atoms with Crippen LogP contribution in [0.3, 0.4) is 0 Å². The summed E-state index contributed by atoms with van der Waals surface area (Å²) < 4.78 is 11.0. The lowest BCUT2D eigenvalue weighted by Gasteiger charge is -2.27. The Morgan fingerprint density at radius 1 is 1.12 bits per heavy atom. The molecule has 0 unspecified atom stereocenters. The highest BCUT2D eigenvalue weighted by Gasteiger charge is 2.30. The molecule has 0 bridgehead atoms. The summed E-state index contributed by atoms with van der Waals surface area (Å²) in [7, 11) is 0. The summed E-state index contributed by atoms with van der Waals surface area (Å²) in [5, 5.41) is 0.990. The molecule has 5 rings (SSSR count). The number of nitrogens with zero attached hydrogens (tertiary/aromatic N) is 4. The Morgan fingerprint density at radius 2 is 1.94 bits per heavy atom. The number of aromatic nitrogens is 2. The van der Waals surface area contributed by atoms with Gasteiger partial charge in [0.2, 0.25) is 5.91 Å². The molecule has 0 aliphatic carbocycles. The zero-order chi connectivity index (χ0) is 22.9. The van der Waals surface area contributed by atoms with E-state index in [1.54, 1.807) is 17.4 Å². The molecule has 0 saturated carbocycles. The second kappa shape index (κ2) is 8.94. The quantitative estimate of drug-likeness (QED) is 0.610. The summed E-state index contributed by atoms with van der Waals surface area (Å²) in [6.45, 7) is 7.43. The molecule has 3 aromatic rings. The van der Waals surface area contributed by atoms with E-state index < -0.39 is 0 Å². The Balaban J connectivity index is 1.24. The van der Waals surface area contributed by atoms with Crippen molar-refractivity contribution in [1.82, 2.24) is 19.8 Å². The fourth-order valence-electron chi connectivity index (χ4n) is 4.63. The van der Waals surface area contributed by atoms with Crippen molar-refractivity contribution in [2.45, 2.75) is 32.6 Å². The Labute approximate surface area is 192 Å². The number of hydrogen-bond donors (Lipinski definition) is 0. The lowest BCUT2D eigenvalue weighted by atomic mass is 10.1. The number of morpholine rings is 1. The summed E-state index contributed by atoms with van der Waals surface area (Å²) in [6.07, 6.45) is 4.45. The van der Waals surface area contributed by atoms with Gasteiger partial charge in [0.1, 0.15) is 11.4 Å². The molecule has 33 heavy (non-hydrogen) atoms. The Hall–Kier alpha value is -3.26. The predicted octanol–water partition coefficient (Wildman–Crippen LogP) is 2.87. The summed E-state index contributed by atoms with van der Waals surface area (Å²) in [4.78, 5) is 38.6. The maximum atomic E-state index is 13.0. The van der Waals surface area contributed by atoms with E-state index in [1.807, 2.05) is 36.9 Å². The number of aryl methyl sites for hydroxylation is 2. The van der Waals surface area contributed by atoms with Crippen LogP contribution in [0.5, 0.6) is 0 Å². The highest BCUT2D eigenvalue weighted by molar-refractivity contribution is 5.95. The minimum absolute atomic E-state index is 0.0480. The van der Waals surface area contributed by atoms with Crippen LogP contribution in [0, 0.1) is 13.8 Å². The molecule has 4 heterocycles. The summed E-state index contributed by atoms with van der Waals surface area (Å²) in [5.74, 6) is 0.805. The second-order valence-corrected chi connectivity index (χ2v) is 8.89. The van der Waals surface area contributed by atoms with Gasteiger partial charge < -0.3 is 19.0 Å². The molecule has 2 fully saturated rings. The molecule has 2 saturated heterocycles. The van der Waals surface area contributed by atoms with Crippen LogP contribution in [0.4, 0.5) is 0 Å². The molecule has 8 heteroatoms. The number of carbonyl (C=O) groups is 2. The van der Waals surface area contributed by atoms with Crippen LogP contribution in [0.15, 0.2) is 35.1 Å². The van der Waals surface area contributed by atoms with Crippen LogP contribution >= 0.6 is 0 Å². The van der Waals surface area contributed by atoms with E-state index in [0.717, 1.165) is 28.5 Å². The molecule has 0 radical (unpaired) electrons. The molecule has 8 nitrogen and oxygen atoms in total. The van der Waals surface area contributed by atoms with Gasteiger partial charge in [-0.25, -0.2) is 9.97 Å². The van der Waals surface area contributed by atoms with Gasteiger partial charge >= 0.3 is 0 Å². The van der Waals surface area contributed by atoms with Crippen molar-refractivity contribution >= 4 is 22.8 Å². The van der Waals surface area contributed by atoms with Gasteiger partial charge in [0, 0.05) is 49.2 Å². The highest BCUT2D eigenvalue weighted by Crippen LogP contribution is 2.28. The molecular formula is C25H28N4O4. The van der Waals surface area contributed by atoms with Crippen molar-refractivity contribution < 1.29 is 18.7 Å². The van der Waals surface area contributed by atoms with Gasteiger partial charge in [0.25, 0.3) is 5.91 Å². The first-order chi connectivity index (χ1) is 16.0. The molecule has 2 amide bonds. The van der Waals surface area contributed by atoms with Gasteiger partial charge in [-0.05, 0) is 31.9 Å². The van der Waals surface area contributed by atoms with Crippen LogP contribution in [0.2, 0.25) is 0 Å². The van der Waals surface area contributed by atoms with Crippen molar-refractivity contribution in [2.75, 3.05) is 39.4 Å². The minimum Gasteiger partial charge on any atom is -0.464 e. The number of carbonyl (C=O) groups excluding carboxylic acids is 2. The lowest BCUT2D eigenvalue weighted by molar-refractivity contribution is -0.129. The summed E-state index contributed by atoms with van der Waals surface area (Å²) in [5.41, 5.74) is 4.07. The zero-order valence-corrected chi connectivity index (χ0v) is 19.0. The van der Waals surface area contributed by atoms with Gasteiger partial charge in [-0.2, -0.15) is 0 Å². The van der Waals surface area contributed by atoms with E-state index >= 15 is 0 Å². The number of furan rings is 1. The average Bonchev–Trinajstić information content (AvgIpc) is 3.47. The molecule has 0 N–H and O–H groups in total. The first-order valence-electron chi connectivity index (χ1n) is 11.4. The first kappa shape index (κ1) is 21.6. The van der Waals surface area contributed by atoms with Crippen molar-refractivity contribution in [3.05, 3.63) is 58.9 Å². The zero-order valence-electron chi connectivity index (χ0n) is 19.0. The van der Waals surface area contributed by atoms with Gasteiger partial charge in [0.05, 0.1) is 37.2 Å². The van der Waals surface area contributed by atoms with E-state index in [0.29, 0.717) is 62.9 Å². The molecule has 2 aliphatic heterocycles. The molecule has 1 atom stereocenters. The van der Waals surface area contributed by atoms with Crippen LogP contribution < -0.4 is 0 Å². The first-order valence-corrected chi connectivity index (χ1v) is 11.4. The standard InChI is InChI=1S/C25H28N4O4/c1-16-3-4-20-19(15-33-22(20)11-16)12-23(30)29-6-5-18(14-29)24-26-13-21(17(2)27-24)25(31)28-7-9-32-10-8-28/h3-4,11,13,15,18H,5-10,12,14H2,1-2H3/t18-/m1/s1. The Bertz CT molecular complexity index is 1200. The fourth-order valence-corrected chi connectivity index (χ4v) is 4.63. The van der Waals surface area contributed by atoms with Crippen LogP contribution in [0.1, 0.15) is 45.3 Å². The predicted molar refractivity (Wildman–Crippen MR) is 122 cm³/mol. The molecule has 1 aromatic carbocycles. The van der Waals surface area contributed by atoms with Crippen molar-refractivity contribution in [2.24, 2.45) is 0 Å². The number of ether oxygens (including phenoxy) is 1. The van der Waals surface area contributed by atoms with Gasteiger partial charge in [-0.15, -0.1) is 0 Å². The number of rotatable bonds is 4. The van der Waals surface area contributed by atoms with Crippen LogP contribution in [-0.2, 0) is 16.0 Å². The summed E-state index contributed by atoms with van der Waals surface area (Å²) in [6, 6.07) is 6.03. The van der Waals surface area contributed by atoms with E-state index in [-0.39, 0.29) is 17.7 Å². The smallest absolute Gasteiger partial charge is 0.257 e. The molecule has 2 aliphatic rings. The van der Waals surface area contributed by atoms with Gasteiger partial charge in [-0.3, -0.25) is 9.59 Å². The van der Waals surface area contributed by atoms with E-state index in [4.69, 9.17) is 9.15 Å². The summed E-state index contributed by atoms with van der Waals surface area (Å²) >= 11 is 0. The maximum Gasteiger partial charge on any atom is 0.257 e. The van der Waals surface area contributed by atoms with Crippen molar-refractivity contribution in [3.63, 3.8) is 0 Å². The van der Waals surface area contributed by atoms with Crippen molar-refractivity contribution in [1.29, 1.82) is 0 Å². The SMILES string of the molecule is Cc1ccc2c(CC(=O)N3CC[C@@H](c4ncc(C(=O)N5CCOCC5)c(C)n4)C3)coc2c1. The third-order valence-electron chi connectivity index (χ3n) is 6.59. The van der Waals surface area contributed by atoms with E-state index in [1.165, 1.54) is 0 Å². The molecule has 0 spiro atoms. The third kappa shape index (κ3) is 4.35. The van der Waals surface area contributed by atoms with Crippen LogP contribution in [0.25, 0.3) is 11.0 Å². The molecule has 2 aromatic heterocycles. The normalized spacial score (nSPS) is 18.8. The van der Waals surface area contributed by atoms with Gasteiger partial charge in [0.15, 0.2) is 0 Å². The van der Waals surface area contributed by atoms with Crippen molar-refractivity contribution in [3.8, 4) is 0 Å². The van der Waals surface area contributed by atoms with Crippen LogP contribution in [-0.4, -0.2) is 71.0 Å². The monoisotopic (exact) mass is 448 g/mol. The molecule has 172 valence electrons. The topological polar surface area (TPSA) is 88.8 Å². The second-order valence-electron chi connectivity index (χ2n) is 8.89. The van der Waals surface area contributed by atoms with Gasteiger partial charge in [-0.1, -0.05) is 12.1 Å². The molecular weight excluding hydrogens is 420 g/mol. The number of likely N-dealkylation sites (tertiary alicyclic amines) is 1. The van der Waals surface area contributed by atoms with E-state index in [9.17, 15) is 9.59 Å². The Morgan fingerprint density at radius 3 is 2.73 bits per heavy atom. The average molecular weight is 449 g/mol. The maximum absolute atomic E-state index is 13.0. The Kier molecular flexibility index (Phi) is 5.85. The lowest BCUT2D eigenvalue weighted by Crippen LogP contribution is -2.41. The minimum atomic E-state index is -0.0480. The van der Waals surface area contributed by atoms with E-state index in [2.05, 4.69) is 9.97 Å². The number of amides is 2. The number of hydrogen-bond acceptors (Lipinski definition) is 6. The highest BCUT2D eigenvalue weighted by atomic mass is 16.5. The number of fused-ring (bicyclic) bond motifs is 1. The fraction of sp³-hybridized carbons (Fsp3) is 0.440. The number of benzene rings is 1.